The molecule has 0 aromatic carbocycles. The van der Waals surface area contributed by atoms with Crippen molar-refractivity contribution in [3.63, 3.8) is 0 Å². The third-order valence-electron chi connectivity index (χ3n) is 3.44. The van der Waals surface area contributed by atoms with Crippen LogP contribution in [0.4, 0.5) is 10.8 Å². The first-order valence-electron chi connectivity index (χ1n) is 6.85. The van der Waals surface area contributed by atoms with Gasteiger partial charge in [-0.25, -0.2) is 0 Å². The van der Waals surface area contributed by atoms with Crippen molar-refractivity contribution in [1.29, 1.82) is 0 Å². The molecule has 106 valence electrons. The summed E-state index contributed by atoms with van der Waals surface area (Å²) in [5.41, 5.74) is 7.93. The third-order valence-corrected chi connectivity index (χ3v) is 4.26. The van der Waals surface area contributed by atoms with E-state index < -0.39 is 0 Å². The van der Waals surface area contributed by atoms with Crippen LogP contribution in [0, 0.1) is 0 Å². The van der Waals surface area contributed by atoms with Crippen molar-refractivity contribution in [2.75, 3.05) is 24.2 Å². The first kappa shape index (κ1) is 13.3. The molecule has 1 unspecified atom stereocenters. The predicted octanol–water partition coefficient (Wildman–Crippen LogP) is 2.77. The first-order valence-corrected chi connectivity index (χ1v) is 7.63. The second-order valence-electron chi connectivity index (χ2n) is 4.86. The van der Waals surface area contributed by atoms with E-state index in [-0.39, 0.29) is 0 Å². The molecule has 1 fully saturated rings. The number of pyridine rings is 1. The smallest absolute Gasteiger partial charge is 0.147 e. The lowest BCUT2D eigenvalue weighted by Crippen LogP contribution is -2.12. The zero-order chi connectivity index (χ0) is 13.8. The summed E-state index contributed by atoms with van der Waals surface area (Å²) in [5, 5.41) is 4.44. The summed E-state index contributed by atoms with van der Waals surface area (Å²) >= 11 is 1.40. The van der Waals surface area contributed by atoms with Gasteiger partial charge >= 0.3 is 0 Å². The van der Waals surface area contributed by atoms with Crippen molar-refractivity contribution >= 4 is 22.4 Å². The maximum Gasteiger partial charge on any atom is 0.147 e. The second kappa shape index (κ2) is 6.19. The molecule has 6 heteroatoms. The summed E-state index contributed by atoms with van der Waals surface area (Å²) in [6.07, 6.45) is 7.33. The van der Waals surface area contributed by atoms with Crippen LogP contribution in [-0.4, -0.2) is 28.6 Å². The Balaban J connectivity index is 1.67. The van der Waals surface area contributed by atoms with Crippen LogP contribution in [0.1, 0.15) is 19.3 Å². The first-order chi connectivity index (χ1) is 9.84. The summed E-state index contributed by atoms with van der Waals surface area (Å²) in [6, 6.07) is 3.90. The number of aromatic nitrogens is 2. The van der Waals surface area contributed by atoms with Crippen LogP contribution in [-0.2, 0) is 4.74 Å². The van der Waals surface area contributed by atoms with Crippen molar-refractivity contribution in [2.45, 2.75) is 25.4 Å². The van der Waals surface area contributed by atoms with Crippen molar-refractivity contribution in [3.8, 4) is 11.1 Å². The van der Waals surface area contributed by atoms with Gasteiger partial charge in [0, 0.05) is 31.1 Å². The van der Waals surface area contributed by atoms with E-state index in [1.54, 1.807) is 6.20 Å². The Morgan fingerprint density at radius 2 is 2.45 bits per heavy atom. The van der Waals surface area contributed by atoms with Gasteiger partial charge in [0.05, 0.1) is 11.7 Å². The Morgan fingerprint density at radius 3 is 3.20 bits per heavy atom. The fourth-order valence-corrected chi connectivity index (χ4v) is 3.19. The lowest BCUT2D eigenvalue weighted by molar-refractivity contribution is 0.107. The van der Waals surface area contributed by atoms with Gasteiger partial charge in [-0.1, -0.05) is 6.07 Å². The van der Waals surface area contributed by atoms with Crippen LogP contribution >= 0.6 is 11.5 Å². The van der Waals surface area contributed by atoms with Gasteiger partial charge in [-0.05, 0) is 36.9 Å². The van der Waals surface area contributed by atoms with Gasteiger partial charge in [0.25, 0.3) is 0 Å². The maximum atomic E-state index is 5.97. The van der Waals surface area contributed by atoms with Crippen LogP contribution in [0.3, 0.4) is 0 Å². The van der Waals surface area contributed by atoms with Crippen molar-refractivity contribution in [2.24, 2.45) is 0 Å². The molecule has 2 aromatic rings. The molecule has 0 aliphatic carbocycles. The normalized spacial score (nSPS) is 18.3. The number of hydrogen-bond donors (Lipinski definition) is 2. The highest BCUT2D eigenvalue weighted by Crippen LogP contribution is 2.36. The fourth-order valence-electron chi connectivity index (χ4n) is 2.43. The van der Waals surface area contributed by atoms with E-state index in [9.17, 15) is 0 Å². The Labute approximate surface area is 122 Å². The molecular formula is C14H18N4OS. The number of hydrogen-bond acceptors (Lipinski definition) is 6. The second-order valence-corrected chi connectivity index (χ2v) is 5.64. The van der Waals surface area contributed by atoms with E-state index in [4.69, 9.17) is 10.5 Å². The molecule has 1 saturated heterocycles. The molecule has 0 radical (unpaired) electrons. The zero-order valence-corrected chi connectivity index (χ0v) is 12.0. The molecule has 0 saturated carbocycles. The molecule has 0 bridgehead atoms. The average Bonchev–Trinajstić information content (AvgIpc) is 3.10. The van der Waals surface area contributed by atoms with Crippen LogP contribution in [0.2, 0.25) is 0 Å². The quantitative estimate of drug-likeness (QED) is 0.886. The molecule has 1 aliphatic heterocycles. The molecule has 1 aliphatic rings. The Morgan fingerprint density at radius 1 is 1.50 bits per heavy atom. The highest BCUT2D eigenvalue weighted by Gasteiger charge is 2.17. The van der Waals surface area contributed by atoms with E-state index >= 15 is 0 Å². The van der Waals surface area contributed by atoms with Gasteiger partial charge in [0.1, 0.15) is 10.8 Å². The Hall–Kier alpha value is -1.66. The van der Waals surface area contributed by atoms with Crippen molar-refractivity contribution in [3.05, 3.63) is 24.5 Å². The molecule has 3 N–H and O–H groups in total. The van der Waals surface area contributed by atoms with Gasteiger partial charge < -0.3 is 15.8 Å². The minimum absolute atomic E-state index is 0.398. The molecule has 20 heavy (non-hydrogen) atoms. The largest absolute Gasteiger partial charge is 0.382 e. The topological polar surface area (TPSA) is 73.1 Å². The number of nitrogens with zero attached hydrogens (tertiary/aromatic N) is 2. The van der Waals surface area contributed by atoms with E-state index in [1.165, 1.54) is 24.4 Å². The average molecular weight is 290 g/mol. The highest BCUT2D eigenvalue weighted by atomic mass is 32.1. The van der Waals surface area contributed by atoms with E-state index in [1.807, 2.05) is 18.3 Å². The number of nitrogens with two attached hydrogens (primary N) is 1. The van der Waals surface area contributed by atoms with Crippen LogP contribution in [0.25, 0.3) is 11.1 Å². The Kier molecular flexibility index (Phi) is 4.13. The third kappa shape index (κ3) is 2.91. The highest BCUT2D eigenvalue weighted by molar-refractivity contribution is 7.11. The van der Waals surface area contributed by atoms with Crippen LogP contribution in [0.5, 0.6) is 0 Å². The summed E-state index contributed by atoms with van der Waals surface area (Å²) in [4.78, 5) is 4.14. The summed E-state index contributed by atoms with van der Waals surface area (Å²) in [6.45, 7) is 1.78. The number of nitrogen functional groups attached to an aromatic ring is 1. The van der Waals surface area contributed by atoms with Gasteiger partial charge in [0.15, 0.2) is 0 Å². The summed E-state index contributed by atoms with van der Waals surface area (Å²) < 4.78 is 9.87. The number of nitrogens with one attached hydrogen (secondary N) is 1. The molecule has 5 nitrogen and oxygen atoms in total. The lowest BCUT2D eigenvalue weighted by Gasteiger charge is -2.11. The molecule has 0 amide bonds. The molecule has 3 rings (SSSR count). The molecule has 0 spiro atoms. The summed E-state index contributed by atoms with van der Waals surface area (Å²) in [7, 11) is 0. The number of rotatable bonds is 5. The van der Waals surface area contributed by atoms with E-state index in [0.717, 1.165) is 35.7 Å². The minimum Gasteiger partial charge on any atom is -0.382 e. The fraction of sp³-hybridized carbons (Fsp3) is 0.429. The number of ether oxygens (including phenoxy) is 1. The monoisotopic (exact) mass is 290 g/mol. The molecule has 3 heterocycles. The zero-order valence-electron chi connectivity index (χ0n) is 11.2. The molecule has 2 aromatic heterocycles. The predicted molar refractivity (Wildman–Crippen MR) is 81.8 cm³/mol. The number of anilines is 2. The Bertz CT molecular complexity index is 552. The summed E-state index contributed by atoms with van der Waals surface area (Å²) in [5.74, 6) is 0.558. The van der Waals surface area contributed by atoms with Gasteiger partial charge in [-0.2, -0.15) is 4.37 Å². The molecular weight excluding hydrogens is 272 g/mol. The van der Waals surface area contributed by atoms with Gasteiger partial charge in [-0.3, -0.25) is 4.98 Å². The van der Waals surface area contributed by atoms with Crippen LogP contribution < -0.4 is 11.1 Å². The standard InChI is InChI=1S/C14H18N4OS/c15-13-12(10-3-1-6-16-9-10)14(20-18-13)17-7-5-11-4-2-8-19-11/h1,3,6,9,11,17H,2,4-5,7-8H2,(H2,15,18). The van der Waals surface area contributed by atoms with Gasteiger partial charge in [0.2, 0.25) is 0 Å². The lowest BCUT2D eigenvalue weighted by atomic mass is 10.1. The maximum absolute atomic E-state index is 5.97. The van der Waals surface area contributed by atoms with E-state index in [2.05, 4.69) is 14.7 Å². The SMILES string of the molecule is Nc1nsc(NCCC2CCCO2)c1-c1cccnc1. The van der Waals surface area contributed by atoms with Crippen LogP contribution in [0.15, 0.2) is 24.5 Å². The van der Waals surface area contributed by atoms with Gasteiger partial charge in [-0.15, -0.1) is 0 Å². The van der Waals surface area contributed by atoms with Crippen molar-refractivity contribution in [1.82, 2.24) is 9.36 Å². The molecule has 1 atom stereocenters. The van der Waals surface area contributed by atoms with Crippen molar-refractivity contribution < 1.29 is 4.74 Å². The minimum atomic E-state index is 0.398. The van der Waals surface area contributed by atoms with E-state index in [0.29, 0.717) is 11.9 Å².